The van der Waals surface area contributed by atoms with Crippen LogP contribution >= 0.6 is 11.6 Å². The van der Waals surface area contributed by atoms with Gasteiger partial charge in [0.05, 0.1) is 22.8 Å². The number of hydrogen-bond donors (Lipinski definition) is 0. The van der Waals surface area contributed by atoms with Crippen LogP contribution in [0.2, 0.25) is 5.02 Å². The van der Waals surface area contributed by atoms with Gasteiger partial charge in [-0.05, 0) is 19.4 Å². The summed E-state index contributed by atoms with van der Waals surface area (Å²) in [6.07, 6.45) is 4.62. The second kappa shape index (κ2) is 5.12. The number of halogens is 1. The number of carbonyl (C=O) groups excluding carboxylic acids is 1. The van der Waals surface area contributed by atoms with Gasteiger partial charge in [0.25, 0.3) is 0 Å². The summed E-state index contributed by atoms with van der Waals surface area (Å²) in [6, 6.07) is 0. The topological polar surface area (TPSA) is 34.9 Å². The third-order valence-corrected chi connectivity index (χ3v) is 2.63. The van der Waals surface area contributed by atoms with Crippen molar-refractivity contribution in [2.24, 2.45) is 7.05 Å². The van der Waals surface area contributed by atoms with Gasteiger partial charge in [-0.3, -0.25) is 9.48 Å². The standard InChI is InChI=1S/C11H15ClN2O/c1-4-5-6-9(15)7-10-11(12)8(2)13-14(10)3/h5-6H,4,7H2,1-3H3/b6-5+. The summed E-state index contributed by atoms with van der Waals surface area (Å²) < 4.78 is 1.66. The van der Waals surface area contributed by atoms with Gasteiger partial charge in [-0.25, -0.2) is 0 Å². The third kappa shape index (κ3) is 2.93. The summed E-state index contributed by atoms with van der Waals surface area (Å²) >= 11 is 6.03. The molecule has 0 aliphatic heterocycles. The Morgan fingerprint density at radius 2 is 2.27 bits per heavy atom. The summed E-state index contributed by atoms with van der Waals surface area (Å²) in [5.41, 5.74) is 1.54. The molecule has 0 aromatic carbocycles. The Morgan fingerprint density at radius 1 is 1.60 bits per heavy atom. The van der Waals surface area contributed by atoms with Gasteiger partial charge in [-0.2, -0.15) is 5.10 Å². The molecular weight excluding hydrogens is 212 g/mol. The van der Waals surface area contributed by atoms with Crippen LogP contribution in [0.5, 0.6) is 0 Å². The van der Waals surface area contributed by atoms with Crippen LogP contribution in [0.15, 0.2) is 12.2 Å². The first kappa shape index (κ1) is 12.0. The van der Waals surface area contributed by atoms with Crippen molar-refractivity contribution < 1.29 is 4.79 Å². The maximum absolute atomic E-state index is 11.5. The summed E-state index contributed by atoms with van der Waals surface area (Å²) in [6.45, 7) is 3.82. The van der Waals surface area contributed by atoms with E-state index in [1.165, 1.54) is 0 Å². The van der Waals surface area contributed by atoms with Crippen LogP contribution in [0.1, 0.15) is 24.7 Å². The number of allylic oxidation sites excluding steroid dienone is 2. The van der Waals surface area contributed by atoms with Crippen LogP contribution in [-0.4, -0.2) is 15.6 Å². The van der Waals surface area contributed by atoms with E-state index in [-0.39, 0.29) is 5.78 Å². The Labute approximate surface area is 94.7 Å². The Morgan fingerprint density at radius 3 is 2.73 bits per heavy atom. The molecule has 1 aromatic rings. The molecule has 0 bridgehead atoms. The zero-order chi connectivity index (χ0) is 11.4. The van der Waals surface area contributed by atoms with Gasteiger partial charge >= 0.3 is 0 Å². The molecule has 1 aromatic heterocycles. The number of nitrogens with zero attached hydrogens (tertiary/aromatic N) is 2. The largest absolute Gasteiger partial charge is 0.294 e. The number of rotatable bonds is 4. The van der Waals surface area contributed by atoms with Gasteiger partial charge in [-0.15, -0.1) is 0 Å². The monoisotopic (exact) mass is 226 g/mol. The SMILES string of the molecule is CC/C=C/C(=O)Cc1c(Cl)c(C)nn1C. The zero-order valence-electron chi connectivity index (χ0n) is 9.25. The van der Waals surface area contributed by atoms with E-state index < -0.39 is 0 Å². The molecule has 15 heavy (non-hydrogen) atoms. The van der Waals surface area contributed by atoms with Crippen LogP contribution in [0, 0.1) is 6.92 Å². The lowest BCUT2D eigenvalue weighted by atomic mass is 10.2. The number of aryl methyl sites for hydroxylation is 2. The Kier molecular flexibility index (Phi) is 4.09. The molecular formula is C11H15ClN2O. The molecule has 0 radical (unpaired) electrons. The van der Waals surface area contributed by atoms with Crippen molar-refractivity contribution in [2.45, 2.75) is 26.7 Å². The number of carbonyl (C=O) groups is 1. The minimum absolute atomic E-state index is 0.0572. The predicted molar refractivity (Wildman–Crippen MR) is 61.1 cm³/mol. The molecule has 0 unspecified atom stereocenters. The molecule has 0 fully saturated rings. The lowest BCUT2D eigenvalue weighted by Gasteiger charge is -1.98. The van der Waals surface area contributed by atoms with Crippen molar-refractivity contribution in [3.63, 3.8) is 0 Å². The lowest BCUT2D eigenvalue weighted by Crippen LogP contribution is -2.05. The fourth-order valence-electron chi connectivity index (χ4n) is 1.35. The van der Waals surface area contributed by atoms with E-state index in [2.05, 4.69) is 5.10 Å². The zero-order valence-corrected chi connectivity index (χ0v) is 10.0. The highest BCUT2D eigenvalue weighted by Crippen LogP contribution is 2.19. The molecule has 1 heterocycles. The van der Waals surface area contributed by atoms with E-state index in [4.69, 9.17) is 11.6 Å². The molecule has 1 rings (SSSR count). The Bertz CT molecular complexity index is 394. The minimum atomic E-state index is 0.0572. The first-order chi connectivity index (χ1) is 7.06. The second-order valence-electron chi connectivity index (χ2n) is 3.42. The van der Waals surface area contributed by atoms with Crippen molar-refractivity contribution in [2.75, 3.05) is 0 Å². The average molecular weight is 227 g/mol. The molecule has 0 amide bonds. The summed E-state index contributed by atoms with van der Waals surface area (Å²) in [5.74, 6) is 0.0572. The lowest BCUT2D eigenvalue weighted by molar-refractivity contribution is -0.114. The van der Waals surface area contributed by atoms with E-state index in [1.807, 2.05) is 19.9 Å². The van der Waals surface area contributed by atoms with Gasteiger partial charge in [0.1, 0.15) is 0 Å². The highest BCUT2D eigenvalue weighted by Gasteiger charge is 2.12. The number of aromatic nitrogens is 2. The van der Waals surface area contributed by atoms with E-state index in [0.29, 0.717) is 11.4 Å². The van der Waals surface area contributed by atoms with Gasteiger partial charge < -0.3 is 0 Å². The molecule has 0 saturated carbocycles. The molecule has 0 spiro atoms. The summed E-state index contributed by atoms with van der Waals surface area (Å²) in [5, 5.41) is 4.75. The van der Waals surface area contributed by atoms with E-state index >= 15 is 0 Å². The molecule has 82 valence electrons. The maximum Gasteiger partial charge on any atom is 0.161 e. The maximum atomic E-state index is 11.5. The second-order valence-corrected chi connectivity index (χ2v) is 3.80. The Balaban J connectivity index is 2.81. The highest BCUT2D eigenvalue weighted by molar-refractivity contribution is 6.32. The molecule has 3 nitrogen and oxygen atoms in total. The number of hydrogen-bond acceptors (Lipinski definition) is 2. The molecule has 0 atom stereocenters. The quantitative estimate of drug-likeness (QED) is 0.740. The fourth-order valence-corrected chi connectivity index (χ4v) is 1.57. The van der Waals surface area contributed by atoms with Gasteiger partial charge in [0.15, 0.2) is 5.78 Å². The molecule has 0 saturated heterocycles. The predicted octanol–water partition coefficient (Wildman–Crippen LogP) is 2.46. The van der Waals surface area contributed by atoms with Crippen LogP contribution in [-0.2, 0) is 18.3 Å². The van der Waals surface area contributed by atoms with Gasteiger partial charge in [0, 0.05) is 7.05 Å². The number of ketones is 1. The van der Waals surface area contributed by atoms with Crippen LogP contribution in [0.4, 0.5) is 0 Å². The van der Waals surface area contributed by atoms with Gasteiger partial charge in [-0.1, -0.05) is 24.6 Å². The van der Waals surface area contributed by atoms with Gasteiger partial charge in [0.2, 0.25) is 0 Å². The van der Waals surface area contributed by atoms with Crippen molar-refractivity contribution in [1.82, 2.24) is 9.78 Å². The molecule has 0 aliphatic rings. The molecule has 4 heteroatoms. The van der Waals surface area contributed by atoms with Crippen molar-refractivity contribution in [3.05, 3.63) is 28.6 Å². The first-order valence-corrected chi connectivity index (χ1v) is 5.31. The van der Waals surface area contributed by atoms with Crippen LogP contribution < -0.4 is 0 Å². The van der Waals surface area contributed by atoms with Crippen LogP contribution in [0.25, 0.3) is 0 Å². The summed E-state index contributed by atoms with van der Waals surface area (Å²) in [7, 11) is 1.80. The van der Waals surface area contributed by atoms with E-state index in [9.17, 15) is 4.79 Å². The minimum Gasteiger partial charge on any atom is -0.294 e. The van der Waals surface area contributed by atoms with E-state index in [1.54, 1.807) is 17.8 Å². The normalized spacial score (nSPS) is 11.2. The fraction of sp³-hybridized carbons (Fsp3) is 0.455. The summed E-state index contributed by atoms with van der Waals surface area (Å²) in [4.78, 5) is 11.5. The smallest absolute Gasteiger partial charge is 0.161 e. The first-order valence-electron chi connectivity index (χ1n) is 4.93. The third-order valence-electron chi connectivity index (χ3n) is 2.14. The molecule has 0 N–H and O–H groups in total. The van der Waals surface area contributed by atoms with E-state index in [0.717, 1.165) is 17.8 Å². The Hall–Kier alpha value is -1.09. The van der Waals surface area contributed by atoms with Crippen LogP contribution in [0.3, 0.4) is 0 Å². The average Bonchev–Trinajstić information content (AvgIpc) is 2.42. The van der Waals surface area contributed by atoms with Crippen molar-refractivity contribution in [3.8, 4) is 0 Å². The van der Waals surface area contributed by atoms with Crippen molar-refractivity contribution >= 4 is 17.4 Å². The highest BCUT2D eigenvalue weighted by atomic mass is 35.5. The molecule has 0 aliphatic carbocycles. The van der Waals surface area contributed by atoms with Crippen molar-refractivity contribution in [1.29, 1.82) is 0 Å².